The van der Waals surface area contributed by atoms with Gasteiger partial charge in [-0.05, 0) is 40.8 Å². The van der Waals surface area contributed by atoms with Gasteiger partial charge < -0.3 is 10.0 Å². The van der Waals surface area contributed by atoms with E-state index in [0.717, 1.165) is 3.57 Å². The van der Waals surface area contributed by atoms with E-state index in [1.807, 2.05) is 0 Å². The molecule has 0 bridgehead atoms. The summed E-state index contributed by atoms with van der Waals surface area (Å²) in [7, 11) is 3.37. The van der Waals surface area contributed by atoms with Crippen molar-refractivity contribution in [3.05, 3.63) is 27.3 Å². The lowest BCUT2D eigenvalue weighted by Gasteiger charge is -2.11. The van der Waals surface area contributed by atoms with Gasteiger partial charge in [0.1, 0.15) is 5.75 Å². The summed E-state index contributed by atoms with van der Waals surface area (Å²) in [6, 6.07) is 4.75. The highest BCUT2D eigenvalue weighted by atomic mass is 127. The average molecular weight is 291 g/mol. The predicted octanol–water partition coefficient (Wildman–Crippen LogP) is 1.70. The summed E-state index contributed by atoms with van der Waals surface area (Å²) in [5.74, 6) is 0.0194. The summed E-state index contributed by atoms with van der Waals surface area (Å²) in [6.07, 6.45) is 0. The largest absolute Gasteiger partial charge is 0.508 e. The van der Waals surface area contributed by atoms with E-state index in [1.54, 1.807) is 26.2 Å². The first-order valence-corrected chi connectivity index (χ1v) is 4.80. The molecular formula is C9H10INO2. The molecule has 1 N–H and O–H groups in total. The Kier molecular flexibility index (Phi) is 3.13. The zero-order valence-corrected chi connectivity index (χ0v) is 9.57. The van der Waals surface area contributed by atoms with Crippen LogP contribution >= 0.6 is 22.6 Å². The van der Waals surface area contributed by atoms with Gasteiger partial charge in [-0.1, -0.05) is 0 Å². The molecule has 0 fully saturated rings. The molecule has 70 valence electrons. The van der Waals surface area contributed by atoms with Crippen molar-refractivity contribution in [3.63, 3.8) is 0 Å². The number of hydrogen-bond acceptors (Lipinski definition) is 2. The normalized spacial score (nSPS) is 9.77. The number of carbonyl (C=O) groups is 1. The molecule has 1 amide bonds. The highest BCUT2D eigenvalue weighted by molar-refractivity contribution is 14.1. The van der Waals surface area contributed by atoms with Crippen LogP contribution in [0.25, 0.3) is 0 Å². The second-order valence-electron chi connectivity index (χ2n) is 2.86. The van der Waals surface area contributed by atoms with Crippen molar-refractivity contribution in [3.8, 4) is 5.75 Å². The van der Waals surface area contributed by atoms with Crippen LogP contribution in [0.4, 0.5) is 0 Å². The number of benzene rings is 1. The maximum atomic E-state index is 11.5. The van der Waals surface area contributed by atoms with Crippen LogP contribution in [-0.4, -0.2) is 30.0 Å². The molecule has 0 atom stereocenters. The molecule has 1 rings (SSSR count). The zero-order chi connectivity index (χ0) is 10.0. The number of phenols is 1. The van der Waals surface area contributed by atoms with Gasteiger partial charge in [-0.3, -0.25) is 4.79 Å². The maximum absolute atomic E-state index is 11.5. The summed E-state index contributed by atoms with van der Waals surface area (Å²) < 4.78 is 0.842. The lowest BCUT2D eigenvalue weighted by Crippen LogP contribution is -2.22. The third-order valence-electron chi connectivity index (χ3n) is 1.59. The van der Waals surface area contributed by atoms with Gasteiger partial charge in [-0.25, -0.2) is 0 Å². The van der Waals surface area contributed by atoms with Crippen LogP contribution in [-0.2, 0) is 0 Å². The molecule has 0 unspecified atom stereocenters. The van der Waals surface area contributed by atoms with Crippen molar-refractivity contribution in [2.24, 2.45) is 0 Å². The molecule has 0 aliphatic carbocycles. The number of phenolic OH excluding ortho intramolecular Hbond substituents is 1. The van der Waals surface area contributed by atoms with Crippen LogP contribution in [0.5, 0.6) is 5.75 Å². The Morgan fingerprint density at radius 1 is 1.46 bits per heavy atom. The molecule has 4 heteroatoms. The Hall–Kier alpha value is -0.780. The number of halogens is 1. The van der Waals surface area contributed by atoms with E-state index in [1.165, 1.54) is 11.0 Å². The van der Waals surface area contributed by atoms with Crippen molar-refractivity contribution in [2.75, 3.05) is 14.1 Å². The minimum atomic E-state index is -0.0969. The van der Waals surface area contributed by atoms with E-state index in [0.29, 0.717) is 5.56 Å². The molecule has 13 heavy (non-hydrogen) atoms. The summed E-state index contributed by atoms with van der Waals surface area (Å²) in [4.78, 5) is 13.0. The SMILES string of the molecule is CN(C)C(=O)c1cc(O)ccc1I. The van der Waals surface area contributed by atoms with Crippen LogP contribution in [0, 0.1) is 3.57 Å². The first kappa shape index (κ1) is 10.3. The Labute approximate surface area is 90.5 Å². The third-order valence-corrected chi connectivity index (χ3v) is 2.53. The van der Waals surface area contributed by atoms with Crippen molar-refractivity contribution in [1.29, 1.82) is 0 Å². The zero-order valence-electron chi connectivity index (χ0n) is 7.41. The fourth-order valence-corrected chi connectivity index (χ4v) is 1.48. The minimum Gasteiger partial charge on any atom is -0.508 e. The number of amides is 1. The topological polar surface area (TPSA) is 40.5 Å². The lowest BCUT2D eigenvalue weighted by atomic mass is 10.2. The fraction of sp³-hybridized carbons (Fsp3) is 0.222. The summed E-state index contributed by atoms with van der Waals surface area (Å²) >= 11 is 2.07. The van der Waals surface area contributed by atoms with Crippen molar-refractivity contribution < 1.29 is 9.90 Å². The monoisotopic (exact) mass is 291 g/mol. The standard InChI is InChI=1S/C9H10INO2/c1-11(2)9(13)7-5-6(12)3-4-8(7)10/h3-5,12H,1-2H3. The molecule has 0 aliphatic rings. The lowest BCUT2D eigenvalue weighted by molar-refractivity contribution is 0.0826. The van der Waals surface area contributed by atoms with Crippen LogP contribution < -0.4 is 0 Å². The van der Waals surface area contributed by atoms with Crippen LogP contribution in [0.2, 0.25) is 0 Å². The van der Waals surface area contributed by atoms with E-state index < -0.39 is 0 Å². The van der Waals surface area contributed by atoms with Gasteiger partial charge in [-0.15, -0.1) is 0 Å². The smallest absolute Gasteiger partial charge is 0.254 e. The second kappa shape index (κ2) is 3.95. The molecule has 0 saturated carbocycles. The van der Waals surface area contributed by atoms with E-state index in [2.05, 4.69) is 22.6 Å². The molecule has 0 heterocycles. The van der Waals surface area contributed by atoms with Crippen LogP contribution in [0.3, 0.4) is 0 Å². The molecule has 0 radical (unpaired) electrons. The first-order chi connectivity index (χ1) is 6.02. The third kappa shape index (κ3) is 2.33. The van der Waals surface area contributed by atoms with E-state index in [-0.39, 0.29) is 11.7 Å². The number of aromatic hydroxyl groups is 1. The van der Waals surface area contributed by atoms with Gasteiger partial charge in [0.2, 0.25) is 0 Å². The molecule has 1 aromatic rings. The maximum Gasteiger partial charge on any atom is 0.254 e. The van der Waals surface area contributed by atoms with Gasteiger partial charge in [0.25, 0.3) is 5.91 Å². The summed E-state index contributed by atoms with van der Waals surface area (Å²) in [5.41, 5.74) is 0.533. The summed E-state index contributed by atoms with van der Waals surface area (Å²) in [5, 5.41) is 9.19. The Morgan fingerprint density at radius 2 is 2.08 bits per heavy atom. The highest BCUT2D eigenvalue weighted by Gasteiger charge is 2.11. The Morgan fingerprint density at radius 3 is 2.62 bits per heavy atom. The number of hydrogen-bond donors (Lipinski definition) is 1. The van der Waals surface area contributed by atoms with Gasteiger partial charge in [0, 0.05) is 17.7 Å². The first-order valence-electron chi connectivity index (χ1n) is 3.72. The Bertz CT molecular complexity index is 336. The van der Waals surface area contributed by atoms with Crippen molar-refractivity contribution >= 4 is 28.5 Å². The molecule has 0 aliphatic heterocycles. The second-order valence-corrected chi connectivity index (χ2v) is 4.03. The molecular weight excluding hydrogens is 281 g/mol. The molecule has 0 saturated heterocycles. The van der Waals surface area contributed by atoms with Gasteiger partial charge in [0.15, 0.2) is 0 Å². The highest BCUT2D eigenvalue weighted by Crippen LogP contribution is 2.19. The van der Waals surface area contributed by atoms with E-state index in [4.69, 9.17) is 0 Å². The predicted molar refractivity (Wildman–Crippen MR) is 58.8 cm³/mol. The fourth-order valence-electron chi connectivity index (χ4n) is 0.918. The van der Waals surface area contributed by atoms with Gasteiger partial charge >= 0.3 is 0 Å². The molecule has 0 aromatic heterocycles. The number of rotatable bonds is 1. The van der Waals surface area contributed by atoms with Crippen LogP contribution in [0.1, 0.15) is 10.4 Å². The van der Waals surface area contributed by atoms with Crippen molar-refractivity contribution in [1.82, 2.24) is 4.90 Å². The van der Waals surface area contributed by atoms with Gasteiger partial charge in [0.05, 0.1) is 5.56 Å². The van der Waals surface area contributed by atoms with E-state index >= 15 is 0 Å². The van der Waals surface area contributed by atoms with Crippen LogP contribution in [0.15, 0.2) is 18.2 Å². The quantitative estimate of drug-likeness (QED) is 0.800. The minimum absolute atomic E-state index is 0.0969. The molecule has 1 aromatic carbocycles. The van der Waals surface area contributed by atoms with E-state index in [9.17, 15) is 9.90 Å². The number of nitrogens with zero attached hydrogens (tertiary/aromatic N) is 1. The van der Waals surface area contributed by atoms with Gasteiger partial charge in [-0.2, -0.15) is 0 Å². The molecule has 0 spiro atoms. The average Bonchev–Trinajstić information content (AvgIpc) is 2.08. The number of carbonyl (C=O) groups excluding carboxylic acids is 1. The van der Waals surface area contributed by atoms with Crippen molar-refractivity contribution in [2.45, 2.75) is 0 Å². The Balaban J connectivity index is 3.13. The molecule has 3 nitrogen and oxygen atoms in total. The summed E-state index contributed by atoms with van der Waals surface area (Å²) in [6.45, 7) is 0.